The Morgan fingerprint density at radius 3 is 2.11 bits per heavy atom. The molecule has 3 atom stereocenters. The van der Waals surface area contributed by atoms with Crippen LogP contribution >= 0.6 is 12.0 Å². The van der Waals surface area contributed by atoms with Gasteiger partial charge in [0.2, 0.25) is 0 Å². The molecule has 3 N–H and O–H groups in total. The Balaban J connectivity index is 1.50. The molecule has 0 radical (unpaired) electrons. The Labute approximate surface area is 258 Å². The first-order valence-corrected chi connectivity index (χ1v) is 15.1. The summed E-state index contributed by atoms with van der Waals surface area (Å²) in [4.78, 5) is 13.6. The van der Waals surface area contributed by atoms with E-state index < -0.39 is 42.9 Å². The number of hydrogen-bond acceptors (Lipinski definition) is 10. The summed E-state index contributed by atoms with van der Waals surface area (Å²) >= 11 is 0.933. The Kier molecular flexibility index (Phi) is 8.52. The summed E-state index contributed by atoms with van der Waals surface area (Å²) in [6, 6.07) is 27.8. The smallest absolute Gasteiger partial charge is 0.175 e. The molecule has 10 nitrogen and oxygen atoms in total. The van der Waals surface area contributed by atoms with Crippen LogP contribution < -0.4 is 10.1 Å². The van der Waals surface area contributed by atoms with Gasteiger partial charge in [0.1, 0.15) is 29.3 Å². The summed E-state index contributed by atoms with van der Waals surface area (Å²) in [5, 5.41) is 23.9. The largest absolute Gasteiger partial charge is 0.497 e. The third-order valence-corrected chi connectivity index (χ3v) is 8.45. The van der Waals surface area contributed by atoms with E-state index in [0.717, 1.165) is 34.5 Å². The van der Waals surface area contributed by atoms with Crippen molar-refractivity contribution in [3.05, 3.63) is 114 Å². The number of aliphatic hydroxyl groups is 2. The lowest BCUT2D eigenvalue weighted by molar-refractivity contribution is -0.143. The van der Waals surface area contributed by atoms with Gasteiger partial charge >= 0.3 is 0 Å². The van der Waals surface area contributed by atoms with E-state index >= 15 is 4.39 Å². The third kappa shape index (κ3) is 4.98. The van der Waals surface area contributed by atoms with Crippen LogP contribution in [0.3, 0.4) is 0 Å². The summed E-state index contributed by atoms with van der Waals surface area (Å²) in [7, 11) is 1.62. The van der Waals surface area contributed by atoms with Gasteiger partial charge in [-0.15, -0.1) is 0 Å². The van der Waals surface area contributed by atoms with E-state index in [9.17, 15) is 10.2 Å². The molecule has 1 saturated heterocycles. The van der Waals surface area contributed by atoms with Gasteiger partial charge < -0.3 is 29.2 Å². The van der Waals surface area contributed by atoms with E-state index in [1.54, 1.807) is 13.4 Å². The lowest BCUT2D eigenvalue weighted by Crippen LogP contribution is -2.49. The van der Waals surface area contributed by atoms with Gasteiger partial charge in [0.25, 0.3) is 0 Å². The maximum Gasteiger partial charge on any atom is 0.175 e. The molecule has 0 amide bonds. The highest BCUT2D eigenvalue weighted by Gasteiger charge is 2.57. The van der Waals surface area contributed by atoms with Crippen molar-refractivity contribution in [1.29, 1.82) is 0 Å². The van der Waals surface area contributed by atoms with Crippen molar-refractivity contribution in [3.8, 4) is 5.75 Å². The summed E-state index contributed by atoms with van der Waals surface area (Å²) in [5.41, 5.74) is 0.888. The molecule has 44 heavy (non-hydrogen) atoms. The Morgan fingerprint density at radius 1 is 0.932 bits per heavy atom. The van der Waals surface area contributed by atoms with Gasteiger partial charge in [-0.1, -0.05) is 72.8 Å². The summed E-state index contributed by atoms with van der Waals surface area (Å²) < 4.78 is 34.3. The zero-order valence-corrected chi connectivity index (χ0v) is 24.9. The number of aromatic nitrogens is 4. The van der Waals surface area contributed by atoms with Crippen LogP contribution in [0.15, 0.2) is 97.6 Å². The molecule has 2 aromatic heterocycles. The molecular formula is C32H32FN5O5S. The number of hydrogen-bond donors (Lipinski definition) is 3. The van der Waals surface area contributed by atoms with Crippen LogP contribution in [0.2, 0.25) is 0 Å². The minimum absolute atomic E-state index is 0.300. The molecule has 228 valence electrons. The van der Waals surface area contributed by atoms with Gasteiger partial charge in [0.15, 0.2) is 29.4 Å². The molecule has 3 heterocycles. The molecule has 0 saturated carbocycles. The van der Waals surface area contributed by atoms with Crippen molar-refractivity contribution >= 4 is 29.0 Å². The van der Waals surface area contributed by atoms with Gasteiger partial charge in [-0.2, -0.15) is 0 Å². The monoisotopic (exact) mass is 617 g/mol. The Morgan fingerprint density at radius 2 is 1.55 bits per heavy atom. The first-order valence-electron chi connectivity index (χ1n) is 14.0. The predicted molar refractivity (Wildman–Crippen MR) is 165 cm³/mol. The Hall–Kier alpha value is -4.07. The third-order valence-electron chi connectivity index (χ3n) is 8.05. The predicted octanol–water partition coefficient (Wildman–Crippen LogP) is 4.49. The van der Waals surface area contributed by atoms with Crippen LogP contribution in [-0.2, 0) is 14.5 Å². The van der Waals surface area contributed by atoms with Crippen molar-refractivity contribution < 1.29 is 28.3 Å². The number of benzene rings is 3. The lowest BCUT2D eigenvalue weighted by Gasteiger charge is -2.37. The second-order valence-corrected chi connectivity index (χ2v) is 10.9. The molecule has 1 fully saturated rings. The highest BCUT2D eigenvalue weighted by atomic mass is 32.2. The van der Waals surface area contributed by atoms with E-state index in [-0.39, 0.29) is 0 Å². The van der Waals surface area contributed by atoms with E-state index in [1.165, 1.54) is 17.2 Å². The number of aliphatic hydroxyl groups excluding tert-OH is 2. The first kappa shape index (κ1) is 30.0. The van der Waals surface area contributed by atoms with Crippen LogP contribution in [0.5, 0.6) is 5.75 Å². The number of imidazole rings is 1. The second kappa shape index (κ2) is 12.5. The van der Waals surface area contributed by atoms with Crippen molar-refractivity contribution in [2.45, 2.75) is 29.6 Å². The minimum atomic E-state index is -1.74. The van der Waals surface area contributed by atoms with E-state index in [0.29, 0.717) is 17.0 Å². The molecule has 6 rings (SSSR count). The molecule has 1 aliphatic heterocycles. The topological polar surface area (TPSA) is 124 Å². The number of nitrogens with one attached hydrogen (secondary N) is 1. The molecule has 12 heteroatoms. The number of halogens is 1. The zero-order valence-electron chi connectivity index (χ0n) is 24.1. The Bertz CT molecular complexity index is 1650. The highest BCUT2D eigenvalue weighted by molar-refractivity contribution is 7.93. The van der Waals surface area contributed by atoms with Crippen LogP contribution in [-0.4, -0.2) is 74.2 Å². The summed E-state index contributed by atoms with van der Waals surface area (Å²) in [5.74, 6) is 1.12. The molecule has 5 aromatic rings. The molecule has 0 spiro atoms. The number of nitrogens with zero attached hydrogens (tertiary/aromatic N) is 4. The van der Waals surface area contributed by atoms with Crippen molar-refractivity contribution in [2.75, 3.05) is 31.9 Å². The van der Waals surface area contributed by atoms with E-state index in [1.807, 2.05) is 84.9 Å². The van der Waals surface area contributed by atoms with Gasteiger partial charge in [-0.3, -0.25) is 4.57 Å². The first-order chi connectivity index (χ1) is 21.5. The number of fused-ring (bicyclic) bond motifs is 1. The molecule has 0 aliphatic carbocycles. The van der Waals surface area contributed by atoms with Crippen LogP contribution in [0.1, 0.15) is 22.9 Å². The fourth-order valence-electron chi connectivity index (χ4n) is 5.81. The molecular weight excluding hydrogens is 585 g/mol. The maximum atomic E-state index is 15.9. The van der Waals surface area contributed by atoms with E-state index in [2.05, 4.69) is 20.3 Å². The molecule has 0 bridgehead atoms. The number of ether oxygens (including phenoxy) is 2. The van der Waals surface area contributed by atoms with E-state index in [4.69, 9.17) is 13.7 Å². The summed E-state index contributed by atoms with van der Waals surface area (Å²) in [6.45, 7) is -1.28. The number of methoxy groups -OCH3 is 1. The normalized spacial score (nSPS) is 19.7. The maximum absolute atomic E-state index is 15.9. The number of rotatable bonds is 11. The molecule has 0 unspecified atom stereocenters. The SMILES string of the molecule is COc1ccc(C(Nc2ncnc3c2ncn3[C@@H]2OC(CO)(CO)[C@@H](OSC)[C@H]2F)(c2ccccc2)c2ccccc2)cc1. The standard InChI is InChI=1S/C32H32FN5O5S/c1-41-24-15-13-23(14-16-24)32(21-9-5-3-6-10-21,22-11-7-4-8-12-22)37-28-26-29(35-19-34-28)38(20-36-26)30-25(33)27(43-44-2)31(17-39,18-40)42-30/h3-16,19-20,25,27,30,39-40H,17-18H2,1-2H3,(H,34,35,37)/t25-,27+,30-/m1/s1. The molecule has 1 aliphatic rings. The van der Waals surface area contributed by atoms with Crippen molar-refractivity contribution in [2.24, 2.45) is 0 Å². The van der Waals surface area contributed by atoms with Crippen LogP contribution in [0.4, 0.5) is 10.2 Å². The summed E-state index contributed by atoms with van der Waals surface area (Å²) in [6.07, 6.45) is 0.190. The van der Waals surface area contributed by atoms with Crippen molar-refractivity contribution in [3.63, 3.8) is 0 Å². The molecule has 3 aromatic carbocycles. The number of anilines is 1. The fraction of sp³-hybridized carbons (Fsp3) is 0.281. The number of alkyl halides is 1. The van der Waals surface area contributed by atoms with Crippen molar-refractivity contribution in [1.82, 2.24) is 19.5 Å². The quantitative estimate of drug-likeness (QED) is 0.144. The fourth-order valence-corrected chi connectivity index (χ4v) is 6.30. The average Bonchev–Trinajstić information content (AvgIpc) is 3.64. The average molecular weight is 618 g/mol. The van der Waals surface area contributed by atoms with Gasteiger partial charge in [-0.25, -0.2) is 19.3 Å². The van der Waals surface area contributed by atoms with Gasteiger partial charge in [0.05, 0.1) is 26.7 Å². The zero-order chi connectivity index (χ0) is 30.7. The minimum Gasteiger partial charge on any atom is -0.497 e. The van der Waals surface area contributed by atoms with Gasteiger partial charge in [-0.05, 0) is 40.9 Å². The second-order valence-electron chi connectivity index (χ2n) is 10.4. The van der Waals surface area contributed by atoms with Crippen LogP contribution in [0, 0.1) is 0 Å². The van der Waals surface area contributed by atoms with Crippen LogP contribution in [0.25, 0.3) is 11.2 Å². The van der Waals surface area contributed by atoms with Gasteiger partial charge in [0, 0.05) is 6.26 Å². The highest BCUT2D eigenvalue weighted by Crippen LogP contribution is 2.44. The lowest BCUT2D eigenvalue weighted by atomic mass is 9.77.